The Hall–Kier alpha value is -3.85. The maximum Gasteiger partial charge on any atom is 0.278 e. The van der Waals surface area contributed by atoms with Crippen LogP contribution in [0.3, 0.4) is 0 Å². The van der Waals surface area contributed by atoms with Crippen LogP contribution >= 0.6 is 0 Å². The molecule has 1 saturated heterocycles. The number of carbonyl (C=O) groups is 2. The summed E-state index contributed by atoms with van der Waals surface area (Å²) in [6.07, 6.45) is 4.23. The van der Waals surface area contributed by atoms with Gasteiger partial charge in [0.2, 0.25) is 11.8 Å². The summed E-state index contributed by atoms with van der Waals surface area (Å²) in [5, 5.41) is 10.7. The van der Waals surface area contributed by atoms with Crippen LogP contribution in [0.5, 0.6) is 0 Å². The van der Waals surface area contributed by atoms with Gasteiger partial charge in [-0.05, 0) is 17.7 Å². The van der Waals surface area contributed by atoms with Crippen LogP contribution in [0.4, 0.5) is 0 Å². The zero-order valence-corrected chi connectivity index (χ0v) is 18.3. The molecular weight excluding hydrogens is 420 g/mol. The van der Waals surface area contributed by atoms with Crippen LogP contribution in [0.25, 0.3) is 17.0 Å². The molecule has 1 aliphatic rings. The highest BCUT2D eigenvalue weighted by atomic mass is 16.2. The Morgan fingerprint density at radius 1 is 0.970 bits per heavy atom. The summed E-state index contributed by atoms with van der Waals surface area (Å²) >= 11 is 0. The summed E-state index contributed by atoms with van der Waals surface area (Å²) in [7, 11) is 0. The number of carbonyl (C=O) groups excluding carboxylic acids is 2. The molecule has 33 heavy (non-hydrogen) atoms. The second kappa shape index (κ2) is 10.6. The molecule has 9 heteroatoms. The van der Waals surface area contributed by atoms with Crippen molar-refractivity contribution in [1.29, 1.82) is 0 Å². The number of fused-ring (bicyclic) bond motifs is 1. The van der Waals surface area contributed by atoms with Gasteiger partial charge in [0, 0.05) is 32.7 Å². The predicted octanol–water partition coefficient (Wildman–Crippen LogP) is 0.765. The number of hydrogen-bond acceptors (Lipinski definition) is 6. The molecule has 1 N–H and O–H groups in total. The van der Waals surface area contributed by atoms with Gasteiger partial charge in [-0.3, -0.25) is 19.3 Å². The summed E-state index contributed by atoms with van der Waals surface area (Å²) in [6.45, 7) is 3.22. The molecule has 9 nitrogen and oxygen atoms in total. The van der Waals surface area contributed by atoms with Crippen LogP contribution in [0.2, 0.25) is 0 Å². The van der Waals surface area contributed by atoms with E-state index in [-0.39, 0.29) is 24.6 Å². The van der Waals surface area contributed by atoms with E-state index in [1.165, 1.54) is 5.56 Å². The number of nitrogens with one attached hydrogen (secondary N) is 1. The van der Waals surface area contributed by atoms with Gasteiger partial charge in [0.1, 0.15) is 12.1 Å². The third kappa shape index (κ3) is 5.89. The number of hydrogen-bond donors (Lipinski definition) is 1. The lowest BCUT2D eigenvalue weighted by atomic mass is 10.2. The van der Waals surface area contributed by atoms with Crippen LogP contribution < -0.4 is 10.9 Å². The van der Waals surface area contributed by atoms with Crippen molar-refractivity contribution in [2.75, 3.05) is 39.3 Å². The largest absolute Gasteiger partial charge is 0.345 e. The molecule has 1 aromatic heterocycles. The Morgan fingerprint density at radius 3 is 2.48 bits per heavy atom. The van der Waals surface area contributed by atoms with Gasteiger partial charge >= 0.3 is 0 Å². The Labute approximate surface area is 191 Å². The van der Waals surface area contributed by atoms with Gasteiger partial charge in [-0.15, -0.1) is 5.10 Å². The van der Waals surface area contributed by atoms with Crippen molar-refractivity contribution in [3.8, 4) is 0 Å². The number of nitrogens with zero attached hydrogens (tertiary/aromatic N) is 5. The topological polar surface area (TPSA) is 100 Å². The first-order valence-electron chi connectivity index (χ1n) is 10.9. The van der Waals surface area contributed by atoms with Crippen molar-refractivity contribution in [2.24, 2.45) is 0 Å². The Kier molecular flexibility index (Phi) is 7.21. The van der Waals surface area contributed by atoms with Crippen LogP contribution in [0, 0.1) is 0 Å². The molecule has 0 aliphatic carbocycles. The molecule has 0 radical (unpaired) electrons. The monoisotopic (exact) mass is 446 g/mol. The van der Waals surface area contributed by atoms with E-state index in [2.05, 4.69) is 44.8 Å². The van der Waals surface area contributed by atoms with E-state index in [1.807, 2.05) is 18.2 Å². The average Bonchev–Trinajstić information content (AvgIpc) is 2.85. The second-order valence-corrected chi connectivity index (χ2v) is 7.84. The SMILES string of the molecule is O=C(Cn1nnc2ccccc2c1=O)NCC(=O)N1CCN(C/C=C/c2ccccc2)CC1. The molecule has 2 heterocycles. The molecule has 0 bridgehead atoms. The Bertz CT molecular complexity index is 1200. The maximum atomic E-state index is 12.5. The van der Waals surface area contributed by atoms with Crippen molar-refractivity contribution in [2.45, 2.75) is 6.54 Å². The summed E-state index contributed by atoms with van der Waals surface area (Å²) in [5.74, 6) is -0.598. The molecule has 1 aliphatic heterocycles. The molecule has 3 aromatic rings. The molecular formula is C24H26N6O3. The molecule has 0 atom stereocenters. The van der Waals surface area contributed by atoms with Crippen LogP contribution in [0.1, 0.15) is 5.56 Å². The minimum absolute atomic E-state index is 0.109. The zero-order valence-electron chi connectivity index (χ0n) is 18.3. The van der Waals surface area contributed by atoms with E-state index < -0.39 is 5.91 Å². The second-order valence-electron chi connectivity index (χ2n) is 7.84. The lowest BCUT2D eigenvalue weighted by molar-refractivity contribution is -0.134. The van der Waals surface area contributed by atoms with Gasteiger partial charge in [-0.2, -0.15) is 0 Å². The number of amides is 2. The van der Waals surface area contributed by atoms with Gasteiger partial charge in [-0.1, -0.05) is 59.8 Å². The van der Waals surface area contributed by atoms with Gasteiger partial charge in [0.25, 0.3) is 5.56 Å². The van der Waals surface area contributed by atoms with E-state index >= 15 is 0 Å². The van der Waals surface area contributed by atoms with Crippen molar-refractivity contribution < 1.29 is 9.59 Å². The highest BCUT2D eigenvalue weighted by molar-refractivity contribution is 5.85. The normalized spacial score (nSPS) is 14.6. The standard InChI is InChI=1S/C24H26N6O3/c31-22(18-30-24(33)20-10-4-5-11-21(20)26-27-30)25-17-23(32)29-15-13-28(14-16-29)12-6-9-19-7-2-1-3-8-19/h1-11H,12-18H2,(H,25,31)/b9-6+. The van der Waals surface area contributed by atoms with E-state index in [4.69, 9.17) is 0 Å². The molecule has 4 rings (SSSR count). The fourth-order valence-electron chi connectivity index (χ4n) is 3.69. The molecule has 0 saturated carbocycles. The molecule has 2 amide bonds. The molecule has 1 fully saturated rings. The summed E-state index contributed by atoms with van der Waals surface area (Å²) in [4.78, 5) is 41.2. The van der Waals surface area contributed by atoms with Crippen molar-refractivity contribution in [1.82, 2.24) is 30.1 Å². The third-order valence-corrected chi connectivity index (χ3v) is 5.56. The van der Waals surface area contributed by atoms with Crippen LogP contribution in [-0.4, -0.2) is 75.9 Å². The first-order valence-corrected chi connectivity index (χ1v) is 10.9. The van der Waals surface area contributed by atoms with Gasteiger partial charge < -0.3 is 10.2 Å². The average molecular weight is 447 g/mol. The van der Waals surface area contributed by atoms with Crippen molar-refractivity contribution in [3.63, 3.8) is 0 Å². The first-order chi connectivity index (χ1) is 16.1. The summed E-state index contributed by atoms with van der Waals surface area (Å²) < 4.78 is 1.00. The quantitative estimate of drug-likeness (QED) is 0.575. The maximum absolute atomic E-state index is 12.5. The Balaban J connectivity index is 1.20. The molecule has 0 unspecified atom stereocenters. The zero-order chi connectivity index (χ0) is 23.0. The molecule has 2 aromatic carbocycles. The third-order valence-electron chi connectivity index (χ3n) is 5.56. The van der Waals surface area contributed by atoms with Crippen molar-refractivity contribution >= 4 is 28.8 Å². The van der Waals surface area contributed by atoms with E-state index in [9.17, 15) is 14.4 Å². The molecule has 0 spiro atoms. The Morgan fingerprint density at radius 2 is 1.70 bits per heavy atom. The minimum atomic E-state index is -0.459. The first kappa shape index (κ1) is 22.3. The number of rotatable bonds is 7. The summed E-state index contributed by atoms with van der Waals surface area (Å²) in [6, 6.07) is 17.0. The number of piperazine rings is 1. The predicted molar refractivity (Wildman–Crippen MR) is 125 cm³/mol. The van der Waals surface area contributed by atoms with Crippen molar-refractivity contribution in [3.05, 3.63) is 76.6 Å². The molecule has 170 valence electrons. The lowest BCUT2D eigenvalue weighted by Crippen LogP contribution is -2.51. The van der Waals surface area contributed by atoms with Gasteiger partial charge in [-0.25, -0.2) is 4.68 Å². The smallest absolute Gasteiger partial charge is 0.278 e. The van der Waals surface area contributed by atoms with E-state index in [1.54, 1.807) is 29.2 Å². The highest BCUT2D eigenvalue weighted by Crippen LogP contribution is 2.05. The highest BCUT2D eigenvalue weighted by Gasteiger charge is 2.21. The van der Waals surface area contributed by atoms with Gasteiger partial charge in [0.05, 0.1) is 11.9 Å². The van der Waals surface area contributed by atoms with Gasteiger partial charge in [0.15, 0.2) is 0 Å². The minimum Gasteiger partial charge on any atom is -0.345 e. The fraction of sp³-hybridized carbons (Fsp3) is 0.292. The van der Waals surface area contributed by atoms with Crippen LogP contribution in [0.15, 0.2) is 65.5 Å². The number of benzene rings is 2. The van der Waals surface area contributed by atoms with E-state index in [0.29, 0.717) is 24.0 Å². The van der Waals surface area contributed by atoms with E-state index in [0.717, 1.165) is 24.3 Å². The number of aromatic nitrogens is 3. The van der Waals surface area contributed by atoms with Crippen LogP contribution in [-0.2, 0) is 16.1 Å². The lowest BCUT2D eigenvalue weighted by Gasteiger charge is -2.34. The summed E-state index contributed by atoms with van der Waals surface area (Å²) in [5.41, 5.74) is 1.25. The fourth-order valence-corrected chi connectivity index (χ4v) is 3.69.